The lowest BCUT2D eigenvalue weighted by Crippen LogP contribution is -2.53. The molecule has 95 heavy (non-hydrogen) atoms. The number of aromatic nitrogens is 7. The number of nitrogens with one attached hydrogen (secondary N) is 12. The summed E-state index contributed by atoms with van der Waals surface area (Å²) in [6.07, 6.45) is 20.8. The van der Waals surface area contributed by atoms with Gasteiger partial charge in [0.2, 0.25) is 53.3 Å². The summed E-state index contributed by atoms with van der Waals surface area (Å²) in [5.41, 5.74) is 1.41. The first-order valence-electron chi connectivity index (χ1n) is 34.4. The number of carboxylic acids is 1. The molecule has 7 unspecified atom stereocenters. The van der Waals surface area contributed by atoms with E-state index in [2.05, 4.69) is 82.9 Å². The Morgan fingerprint density at radius 1 is 0.505 bits per heavy atom. The van der Waals surface area contributed by atoms with E-state index in [0.717, 1.165) is 75.7 Å². The molecule has 0 bridgehead atoms. The van der Waals surface area contributed by atoms with Crippen molar-refractivity contribution >= 4 is 94.8 Å². The molecule has 10 heterocycles. The summed E-state index contributed by atoms with van der Waals surface area (Å²) in [5.74, 6) is 0.917. The number of piperidine rings is 3. The van der Waals surface area contributed by atoms with Crippen LogP contribution in [0, 0.1) is 5.92 Å². The Bertz CT molecular complexity index is 2860. The summed E-state index contributed by atoms with van der Waals surface area (Å²) in [4.78, 5) is 150. The molecule has 10 rings (SSSR count). The van der Waals surface area contributed by atoms with Crippen molar-refractivity contribution in [3.63, 3.8) is 0 Å². The van der Waals surface area contributed by atoms with Gasteiger partial charge in [-0.25, -0.2) is 19.6 Å². The number of imidazole rings is 2. The second-order valence-corrected chi connectivity index (χ2v) is 28.8. The lowest BCUT2D eigenvalue weighted by Gasteiger charge is -2.36. The maximum atomic E-state index is 14.0. The van der Waals surface area contributed by atoms with Crippen LogP contribution in [0.4, 0.5) is 27.4 Å². The Kier molecular flexibility index (Phi) is 26.1. The predicted molar refractivity (Wildman–Crippen MR) is 358 cm³/mol. The first-order valence-corrected chi connectivity index (χ1v) is 36.5. The average Bonchev–Trinajstić information content (AvgIpc) is 1.82. The Morgan fingerprint density at radius 3 is 1.28 bits per heavy atom. The molecule has 7 aliphatic heterocycles. The molecule has 0 spiro atoms. The van der Waals surface area contributed by atoms with Crippen LogP contribution in [0.1, 0.15) is 153 Å². The third-order valence-corrected chi connectivity index (χ3v) is 22.2. The minimum Gasteiger partial charge on any atom is -0.481 e. The number of nitrogens with zero attached hydrogens (tertiary/aromatic N) is 8. The molecule has 0 radical (unpaired) electrons. The molecule has 8 atom stereocenters. The Balaban J connectivity index is 0.645. The number of anilines is 3. The molecule has 0 saturated carbocycles. The first kappa shape index (κ1) is 70.2. The topological polar surface area (TPSA) is 400 Å². The van der Waals surface area contributed by atoms with E-state index in [-0.39, 0.29) is 109 Å². The summed E-state index contributed by atoms with van der Waals surface area (Å²) in [6, 6.07) is -1.55. The number of aliphatic carboxylic acids is 1. The minimum absolute atomic E-state index is 0.0135. The number of urea groups is 2. The summed E-state index contributed by atoms with van der Waals surface area (Å²) in [7, 11) is 0. The molecule has 7 aliphatic rings. The van der Waals surface area contributed by atoms with E-state index in [1.807, 2.05) is 28.4 Å². The van der Waals surface area contributed by atoms with Gasteiger partial charge in [0, 0.05) is 149 Å². The van der Waals surface area contributed by atoms with Crippen LogP contribution in [0.3, 0.4) is 0 Å². The van der Waals surface area contributed by atoms with Gasteiger partial charge in [-0.2, -0.15) is 38.5 Å². The van der Waals surface area contributed by atoms with Gasteiger partial charge in [0.1, 0.15) is 12.1 Å². The molecular weight excluding hydrogens is 1260 g/mol. The van der Waals surface area contributed by atoms with Crippen molar-refractivity contribution in [2.24, 2.45) is 5.92 Å². The minimum atomic E-state index is -0.843. The highest BCUT2D eigenvalue weighted by Gasteiger charge is 2.44. The lowest BCUT2D eigenvalue weighted by molar-refractivity contribution is -0.142. The van der Waals surface area contributed by atoms with E-state index in [1.54, 1.807) is 12.4 Å². The maximum absolute atomic E-state index is 14.0. The van der Waals surface area contributed by atoms with Crippen molar-refractivity contribution in [2.75, 3.05) is 78.6 Å². The maximum Gasteiger partial charge on any atom is 0.315 e. The van der Waals surface area contributed by atoms with E-state index in [4.69, 9.17) is 15.0 Å². The van der Waals surface area contributed by atoms with Crippen LogP contribution in [0.2, 0.25) is 0 Å². The Morgan fingerprint density at radius 2 is 0.895 bits per heavy atom. The molecule has 520 valence electrons. The van der Waals surface area contributed by atoms with Crippen LogP contribution in [0.15, 0.2) is 25.0 Å². The highest BCUT2D eigenvalue weighted by Crippen LogP contribution is 2.35. The highest BCUT2D eigenvalue weighted by molar-refractivity contribution is 8.00. The number of unbranched alkanes of at least 4 members (excludes halogenated alkanes) is 6. The van der Waals surface area contributed by atoms with Gasteiger partial charge >= 0.3 is 18.0 Å². The normalized spacial score (nSPS) is 22.7. The number of rotatable bonds is 36. The fourth-order valence-electron chi connectivity index (χ4n) is 13.7. The number of carbonyl (C=O) groups is 9. The quantitative estimate of drug-likeness (QED) is 0.0293. The number of H-pyrrole nitrogens is 2. The van der Waals surface area contributed by atoms with Crippen molar-refractivity contribution in [3.8, 4) is 0 Å². The van der Waals surface area contributed by atoms with E-state index >= 15 is 0 Å². The van der Waals surface area contributed by atoms with E-state index in [9.17, 15) is 48.3 Å². The SMILES string of the molecule is O=C(CCCCC1SCC2NC(=O)NC21)NCCCCCC(=O)NC(Cc1cnc[nH]1)C(=O)NC1CCN(c2nc(N3CCC(NC(=O)C(Cc4cnc[nH]4)NC(=O)CCCCCNC(=O)CCCCC4SC[C@H]5NC(=O)NC45)CC3)nc(N3CCC(C(=O)O)CC3)n2)CC1. The molecular formula is C63H96N20O10S2. The Hall–Kier alpha value is -7.64. The van der Waals surface area contributed by atoms with E-state index < -0.39 is 24.0 Å². The number of hydrogen-bond donors (Lipinski definition) is 13. The molecule has 7 fully saturated rings. The zero-order chi connectivity index (χ0) is 66.5. The van der Waals surface area contributed by atoms with Gasteiger partial charge in [-0.1, -0.05) is 25.7 Å². The first-order chi connectivity index (χ1) is 46.2. The standard InChI is InChI=1S/C63H96N20O10S2/c84-50(13-7-5-11-48-54-46(35-94-48)74-62(92)76-54)66-23-9-1-3-15-52(86)72-44(31-42-33-64-37-68-42)56(88)70-40-19-27-82(28-20-40)60-78-59(81-25-17-39(18-26-81)58(90)91)79-61(80-60)83-29-21-41(22-30-83)71-57(89)45(32-43-34-65-38-69-43)73-53(87)16-4-2-10-24-67-51(85)14-8-6-12-49-55-47(36-95-49)75-63(93)77-55/h33-34,37-41,44-49,54-55H,1-32,35-36H2,(H,64,68)(H,65,69)(H,66,84)(H,67,85)(H,70,88)(H,71,89)(H,72,86)(H,73,87)(H,90,91)(H2,74,76,92)(H2,75,77,93)/t44?,45?,46-,47?,48?,49?,54?,55?/m1/s1. The summed E-state index contributed by atoms with van der Waals surface area (Å²) in [5, 5.41) is 40.8. The van der Waals surface area contributed by atoms with Crippen LogP contribution in [0.25, 0.3) is 0 Å². The largest absolute Gasteiger partial charge is 0.481 e. The van der Waals surface area contributed by atoms with Gasteiger partial charge in [0.05, 0.1) is 42.7 Å². The van der Waals surface area contributed by atoms with Crippen molar-refractivity contribution < 1.29 is 48.3 Å². The number of amides is 10. The molecule has 32 heteroatoms. The van der Waals surface area contributed by atoms with Gasteiger partial charge in [-0.15, -0.1) is 0 Å². The van der Waals surface area contributed by atoms with Crippen molar-refractivity contribution in [3.05, 3.63) is 36.4 Å². The molecule has 0 aromatic carbocycles. The highest BCUT2D eigenvalue weighted by atomic mass is 32.2. The van der Waals surface area contributed by atoms with Crippen molar-refractivity contribution in [2.45, 2.75) is 213 Å². The molecule has 3 aromatic heterocycles. The zero-order valence-corrected chi connectivity index (χ0v) is 55.9. The molecule has 13 N–H and O–H groups in total. The molecule has 10 amide bonds. The number of carboxylic acid groups (broad SMARTS) is 1. The van der Waals surface area contributed by atoms with E-state index in [0.29, 0.717) is 156 Å². The molecule has 3 aromatic rings. The fourth-order valence-corrected chi connectivity index (χ4v) is 16.8. The van der Waals surface area contributed by atoms with Crippen molar-refractivity contribution in [1.82, 2.24) is 88.1 Å². The van der Waals surface area contributed by atoms with E-state index in [1.165, 1.54) is 12.7 Å². The Labute approximate surface area is 562 Å². The molecule has 7 saturated heterocycles. The summed E-state index contributed by atoms with van der Waals surface area (Å²) >= 11 is 3.75. The van der Waals surface area contributed by atoms with Crippen LogP contribution in [-0.4, -0.2) is 216 Å². The second kappa shape index (κ2) is 35.4. The third-order valence-electron chi connectivity index (χ3n) is 19.2. The van der Waals surface area contributed by atoms with Gasteiger partial charge in [-0.3, -0.25) is 33.6 Å². The number of hydrogen-bond acceptors (Lipinski definition) is 19. The zero-order valence-electron chi connectivity index (χ0n) is 54.2. The van der Waals surface area contributed by atoms with Crippen LogP contribution < -0.4 is 67.9 Å². The smallest absolute Gasteiger partial charge is 0.315 e. The molecule has 0 aliphatic carbocycles. The number of fused-ring (bicyclic) bond motifs is 2. The number of aromatic amines is 2. The lowest BCUT2D eigenvalue weighted by atomic mass is 9.97. The summed E-state index contributed by atoms with van der Waals surface area (Å²) in [6.45, 7) is 4.04. The third kappa shape index (κ3) is 21.2. The monoisotopic (exact) mass is 1360 g/mol. The summed E-state index contributed by atoms with van der Waals surface area (Å²) < 4.78 is 0. The van der Waals surface area contributed by atoms with Gasteiger partial charge in [0.15, 0.2) is 0 Å². The second-order valence-electron chi connectivity index (χ2n) is 26.2. The van der Waals surface area contributed by atoms with Gasteiger partial charge < -0.3 is 82.9 Å². The molecule has 30 nitrogen and oxygen atoms in total. The van der Waals surface area contributed by atoms with Crippen molar-refractivity contribution in [1.29, 1.82) is 0 Å². The predicted octanol–water partition coefficient (Wildman–Crippen LogP) is 2.05. The fraction of sp³-hybridized carbons (Fsp3) is 0.714. The average molecular weight is 1360 g/mol. The number of carbonyl (C=O) groups excluding carboxylic acids is 8. The number of thioether (sulfide) groups is 2. The van der Waals surface area contributed by atoms with Crippen LogP contribution >= 0.6 is 23.5 Å². The van der Waals surface area contributed by atoms with Gasteiger partial charge in [0.25, 0.3) is 0 Å². The van der Waals surface area contributed by atoms with Crippen LogP contribution in [-0.2, 0) is 46.4 Å². The van der Waals surface area contributed by atoms with Gasteiger partial charge in [-0.05, 0) is 89.9 Å². The van der Waals surface area contributed by atoms with Crippen LogP contribution in [0.5, 0.6) is 0 Å².